The van der Waals surface area contributed by atoms with Crippen LogP contribution in [0.1, 0.15) is 59.7 Å². The molecule has 0 bridgehead atoms. The summed E-state index contributed by atoms with van der Waals surface area (Å²) in [6.45, 7) is 2.48. The maximum absolute atomic E-state index is 14.1. The molecule has 3 aromatic rings. The zero-order chi connectivity index (χ0) is 26.9. The molecule has 1 aliphatic rings. The second kappa shape index (κ2) is 13.5. The molecule has 2 aromatic carbocycles. The molecular weight excluding hydrogens is 496 g/mol. The van der Waals surface area contributed by atoms with E-state index in [0.29, 0.717) is 30.0 Å². The Morgan fingerprint density at radius 3 is 2.47 bits per heavy atom. The maximum atomic E-state index is 14.1. The minimum absolute atomic E-state index is 0.0882. The lowest BCUT2D eigenvalue weighted by Gasteiger charge is -2.34. The first-order chi connectivity index (χ1) is 18.5. The van der Waals surface area contributed by atoms with Crippen molar-refractivity contribution in [3.05, 3.63) is 81.5 Å². The smallest absolute Gasteiger partial charge is 0.247 e. The lowest BCUT2D eigenvalue weighted by atomic mass is 9.94. The first-order valence-corrected chi connectivity index (χ1v) is 14.3. The molecule has 1 saturated carbocycles. The van der Waals surface area contributed by atoms with Crippen LogP contribution in [0, 0.1) is 6.92 Å². The minimum atomic E-state index is -0.849. The normalized spacial score (nSPS) is 14.5. The summed E-state index contributed by atoms with van der Waals surface area (Å²) in [5.41, 5.74) is 2.95. The molecule has 1 fully saturated rings. The van der Waals surface area contributed by atoms with E-state index in [0.717, 1.165) is 36.1 Å². The van der Waals surface area contributed by atoms with Gasteiger partial charge in [-0.2, -0.15) is 0 Å². The number of hydrogen-bond donors (Lipinski definition) is 1. The zero-order valence-corrected chi connectivity index (χ0v) is 23.4. The van der Waals surface area contributed by atoms with E-state index in [1.165, 1.54) is 12.0 Å². The summed E-state index contributed by atoms with van der Waals surface area (Å²) in [6.07, 6.45) is 6.20. The first kappa shape index (κ1) is 27.7. The van der Waals surface area contributed by atoms with Gasteiger partial charge in [-0.3, -0.25) is 9.59 Å². The van der Waals surface area contributed by atoms with Crippen LogP contribution in [0.5, 0.6) is 11.5 Å². The van der Waals surface area contributed by atoms with Crippen LogP contribution in [0.3, 0.4) is 0 Å². The number of nitrogens with zero attached hydrogens (tertiary/aromatic N) is 1. The summed E-state index contributed by atoms with van der Waals surface area (Å²) in [7, 11) is 3.15. The molecular formula is C31H38N2O4S. The second-order valence-corrected chi connectivity index (χ2v) is 10.9. The van der Waals surface area contributed by atoms with Crippen molar-refractivity contribution in [2.24, 2.45) is 0 Å². The molecule has 2 amide bonds. The highest BCUT2D eigenvalue weighted by atomic mass is 32.1. The zero-order valence-electron chi connectivity index (χ0n) is 22.6. The van der Waals surface area contributed by atoms with E-state index in [1.54, 1.807) is 30.5 Å². The van der Waals surface area contributed by atoms with Gasteiger partial charge in [0.15, 0.2) is 11.5 Å². The van der Waals surface area contributed by atoms with E-state index >= 15 is 0 Å². The number of carbonyl (C=O) groups is 2. The number of amides is 2. The SMILES string of the molecule is COc1cccc([C@@H](C(=O)NC2CCCCC2)N(CCc2ccccc2C)C(=O)Cc2cccs2)c1OC. The maximum Gasteiger partial charge on any atom is 0.247 e. The third-order valence-corrected chi connectivity index (χ3v) is 8.23. The van der Waals surface area contributed by atoms with Crippen LogP contribution in [0.25, 0.3) is 0 Å². The number of nitrogens with one attached hydrogen (secondary N) is 1. The van der Waals surface area contributed by atoms with Crippen molar-refractivity contribution in [1.29, 1.82) is 0 Å². The lowest BCUT2D eigenvalue weighted by molar-refractivity contribution is -0.140. The number of benzene rings is 2. The molecule has 1 aliphatic carbocycles. The van der Waals surface area contributed by atoms with Crippen molar-refractivity contribution >= 4 is 23.2 Å². The molecule has 1 atom stereocenters. The molecule has 38 heavy (non-hydrogen) atoms. The van der Waals surface area contributed by atoms with Crippen LogP contribution in [-0.2, 0) is 22.4 Å². The molecule has 1 heterocycles. The number of carbonyl (C=O) groups excluding carboxylic acids is 2. The van der Waals surface area contributed by atoms with Crippen LogP contribution < -0.4 is 14.8 Å². The van der Waals surface area contributed by atoms with E-state index in [4.69, 9.17) is 9.47 Å². The van der Waals surface area contributed by atoms with Crippen molar-refractivity contribution < 1.29 is 19.1 Å². The van der Waals surface area contributed by atoms with Gasteiger partial charge in [-0.25, -0.2) is 0 Å². The van der Waals surface area contributed by atoms with Crippen molar-refractivity contribution in [1.82, 2.24) is 10.2 Å². The standard InChI is InChI=1S/C31H38N2O4S/c1-22-11-7-8-12-23(22)18-19-33(28(34)21-25-15-10-20-38-25)29(31(35)32-24-13-5-4-6-14-24)26-16-9-17-27(36-2)30(26)37-3/h7-12,15-17,20,24,29H,4-6,13-14,18-19,21H2,1-3H3,(H,32,35)/t29-/m0/s1. The Kier molecular flexibility index (Phi) is 9.82. The number of para-hydroxylation sites is 1. The van der Waals surface area contributed by atoms with Crippen molar-refractivity contribution in [3.63, 3.8) is 0 Å². The number of aryl methyl sites for hydroxylation is 1. The van der Waals surface area contributed by atoms with E-state index in [-0.39, 0.29) is 24.3 Å². The van der Waals surface area contributed by atoms with Crippen molar-refractivity contribution in [2.75, 3.05) is 20.8 Å². The quantitative estimate of drug-likeness (QED) is 0.334. The molecule has 202 valence electrons. The molecule has 6 nitrogen and oxygen atoms in total. The van der Waals surface area contributed by atoms with Gasteiger partial charge in [0.05, 0.1) is 20.6 Å². The van der Waals surface area contributed by atoms with Crippen molar-refractivity contribution in [3.8, 4) is 11.5 Å². The first-order valence-electron chi connectivity index (χ1n) is 13.4. The Morgan fingerprint density at radius 1 is 1.00 bits per heavy atom. The summed E-state index contributed by atoms with van der Waals surface area (Å²) in [5.74, 6) is 0.746. The summed E-state index contributed by atoms with van der Waals surface area (Å²) >= 11 is 1.55. The highest BCUT2D eigenvalue weighted by Crippen LogP contribution is 2.38. The Balaban J connectivity index is 1.74. The molecule has 0 unspecified atom stereocenters. The predicted molar refractivity (Wildman–Crippen MR) is 152 cm³/mol. The highest BCUT2D eigenvalue weighted by molar-refractivity contribution is 7.10. The van der Waals surface area contributed by atoms with Gasteiger partial charge in [-0.15, -0.1) is 11.3 Å². The van der Waals surface area contributed by atoms with Gasteiger partial charge in [-0.1, -0.05) is 61.7 Å². The Labute approximate surface area is 230 Å². The number of thiophene rings is 1. The monoisotopic (exact) mass is 534 g/mol. The number of hydrogen-bond acceptors (Lipinski definition) is 5. The highest BCUT2D eigenvalue weighted by Gasteiger charge is 2.35. The van der Waals surface area contributed by atoms with E-state index in [1.807, 2.05) is 47.8 Å². The Hall–Kier alpha value is -3.32. The van der Waals surface area contributed by atoms with Gasteiger partial charge in [0, 0.05) is 23.0 Å². The molecule has 0 aliphatic heterocycles. The largest absolute Gasteiger partial charge is 0.493 e. The van der Waals surface area contributed by atoms with Gasteiger partial charge < -0.3 is 19.7 Å². The van der Waals surface area contributed by atoms with E-state index in [2.05, 4.69) is 24.4 Å². The van der Waals surface area contributed by atoms with E-state index < -0.39 is 6.04 Å². The molecule has 7 heteroatoms. The van der Waals surface area contributed by atoms with Gasteiger partial charge in [0.25, 0.3) is 0 Å². The molecule has 1 N–H and O–H groups in total. The van der Waals surface area contributed by atoms with Gasteiger partial charge in [0.2, 0.25) is 11.8 Å². The molecule has 0 spiro atoms. The fraction of sp³-hybridized carbons (Fsp3) is 0.419. The second-order valence-electron chi connectivity index (χ2n) is 9.85. The minimum Gasteiger partial charge on any atom is -0.493 e. The number of methoxy groups -OCH3 is 2. The Morgan fingerprint density at radius 2 is 1.79 bits per heavy atom. The summed E-state index contributed by atoms with van der Waals surface area (Å²) in [6, 6.07) is 16.9. The Bertz CT molecular complexity index is 1200. The van der Waals surface area contributed by atoms with Crippen LogP contribution in [0.15, 0.2) is 60.0 Å². The predicted octanol–water partition coefficient (Wildman–Crippen LogP) is 5.88. The van der Waals surface area contributed by atoms with Crippen LogP contribution >= 0.6 is 11.3 Å². The third-order valence-electron chi connectivity index (χ3n) is 7.35. The topological polar surface area (TPSA) is 67.9 Å². The molecule has 0 radical (unpaired) electrons. The van der Waals surface area contributed by atoms with E-state index in [9.17, 15) is 9.59 Å². The summed E-state index contributed by atoms with van der Waals surface area (Å²) < 4.78 is 11.3. The summed E-state index contributed by atoms with van der Waals surface area (Å²) in [4.78, 5) is 30.8. The lowest BCUT2D eigenvalue weighted by Crippen LogP contribution is -2.48. The van der Waals surface area contributed by atoms with Gasteiger partial charge >= 0.3 is 0 Å². The molecule has 1 aromatic heterocycles. The fourth-order valence-corrected chi connectivity index (χ4v) is 5.99. The summed E-state index contributed by atoms with van der Waals surface area (Å²) in [5, 5.41) is 5.25. The van der Waals surface area contributed by atoms with Crippen LogP contribution in [0.2, 0.25) is 0 Å². The van der Waals surface area contributed by atoms with Crippen LogP contribution in [-0.4, -0.2) is 43.5 Å². The number of ether oxygens (including phenoxy) is 2. The van der Waals surface area contributed by atoms with Gasteiger partial charge in [0.1, 0.15) is 6.04 Å². The number of rotatable bonds is 11. The molecule has 4 rings (SSSR count). The van der Waals surface area contributed by atoms with Crippen molar-refractivity contribution in [2.45, 2.75) is 64.0 Å². The average molecular weight is 535 g/mol. The third kappa shape index (κ3) is 6.76. The van der Waals surface area contributed by atoms with Crippen LogP contribution in [0.4, 0.5) is 0 Å². The average Bonchev–Trinajstić information content (AvgIpc) is 3.44. The fourth-order valence-electron chi connectivity index (χ4n) is 5.30. The molecule has 0 saturated heterocycles. The van der Waals surface area contributed by atoms with Gasteiger partial charge in [-0.05, 0) is 54.8 Å².